The quantitative estimate of drug-likeness (QED) is 0.739. The van der Waals surface area contributed by atoms with Gasteiger partial charge in [0.1, 0.15) is 0 Å². The minimum atomic E-state index is 0.0694. The van der Waals surface area contributed by atoms with E-state index in [0.717, 1.165) is 5.56 Å². The second kappa shape index (κ2) is 5.17. The molecule has 16 heavy (non-hydrogen) atoms. The van der Waals surface area contributed by atoms with Crippen molar-refractivity contribution < 1.29 is 4.79 Å². The first-order chi connectivity index (χ1) is 7.77. The molecule has 0 aliphatic carbocycles. The van der Waals surface area contributed by atoms with Gasteiger partial charge in [-0.05, 0) is 23.0 Å². The second-order valence-electron chi connectivity index (χ2n) is 3.89. The Labute approximate surface area is 100 Å². The lowest BCUT2D eigenvalue weighted by Gasteiger charge is -2.09. The second-order valence-corrected chi connectivity index (χ2v) is 4.94. The van der Waals surface area contributed by atoms with Crippen LogP contribution in [0.15, 0.2) is 47.9 Å². The van der Waals surface area contributed by atoms with Gasteiger partial charge in [-0.25, -0.2) is 0 Å². The maximum absolute atomic E-state index is 11.9. The molecule has 0 saturated carbocycles. The summed E-state index contributed by atoms with van der Waals surface area (Å²) in [5, 5.41) is 2.09. The standard InChI is InChI=1S/C14H14OS/c1-11-9-10-16-14(11)13(15)8-7-12-5-3-2-4-6-12/h2-11,14H,1H3/b8-7+. The summed E-state index contributed by atoms with van der Waals surface area (Å²) in [5.74, 6) is 0.546. The van der Waals surface area contributed by atoms with Crippen molar-refractivity contribution in [2.75, 3.05) is 0 Å². The van der Waals surface area contributed by atoms with Crippen molar-refractivity contribution in [2.45, 2.75) is 12.2 Å². The summed E-state index contributed by atoms with van der Waals surface area (Å²) in [5.41, 5.74) is 1.07. The molecule has 0 fully saturated rings. The zero-order chi connectivity index (χ0) is 11.4. The number of hydrogen-bond donors (Lipinski definition) is 0. The molecule has 1 aliphatic rings. The minimum absolute atomic E-state index is 0.0694. The molecule has 82 valence electrons. The summed E-state index contributed by atoms with van der Waals surface area (Å²) >= 11 is 1.61. The number of ketones is 1. The first kappa shape index (κ1) is 11.2. The molecular formula is C14H14OS. The predicted molar refractivity (Wildman–Crippen MR) is 70.2 cm³/mol. The van der Waals surface area contributed by atoms with Crippen LogP contribution in [0, 0.1) is 5.92 Å². The van der Waals surface area contributed by atoms with Crippen molar-refractivity contribution in [3.63, 3.8) is 0 Å². The van der Waals surface area contributed by atoms with E-state index in [4.69, 9.17) is 0 Å². The van der Waals surface area contributed by atoms with E-state index >= 15 is 0 Å². The normalized spacial score (nSPS) is 24.1. The Morgan fingerprint density at radius 1 is 1.31 bits per heavy atom. The Morgan fingerprint density at radius 3 is 2.69 bits per heavy atom. The zero-order valence-corrected chi connectivity index (χ0v) is 9.98. The molecule has 0 bridgehead atoms. The van der Waals surface area contributed by atoms with Gasteiger partial charge in [0.25, 0.3) is 0 Å². The number of hydrogen-bond acceptors (Lipinski definition) is 2. The van der Waals surface area contributed by atoms with Crippen LogP contribution >= 0.6 is 11.8 Å². The van der Waals surface area contributed by atoms with Crippen LogP contribution in [0.4, 0.5) is 0 Å². The third-order valence-electron chi connectivity index (χ3n) is 2.60. The topological polar surface area (TPSA) is 17.1 Å². The number of thioether (sulfide) groups is 1. The highest BCUT2D eigenvalue weighted by Gasteiger charge is 2.24. The molecule has 1 aliphatic heterocycles. The fraction of sp³-hybridized carbons (Fsp3) is 0.214. The monoisotopic (exact) mass is 230 g/mol. The van der Waals surface area contributed by atoms with Crippen LogP contribution in [0.5, 0.6) is 0 Å². The van der Waals surface area contributed by atoms with Crippen molar-refractivity contribution in [1.82, 2.24) is 0 Å². The van der Waals surface area contributed by atoms with Crippen LogP contribution in [-0.2, 0) is 4.79 Å². The predicted octanol–water partition coefficient (Wildman–Crippen LogP) is 3.53. The lowest BCUT2D eigenvalue weighted by molar-refractivity contribution is -0.114. The van der Waals surface area contributed by atoms with Crippen LogP contribution in [0.1, 0.15) is 12.5 Å². The molecule has 2 rings (SSSR count). The SMILES string of the molecule is CC1C=CSC1C(=O)/C=C/c1ccccc1. The van der Waals surface area contributed by atoms with Crippen LogP contribution in [0.2, 0.25) is 0 Å². The number of carbonyl (C=O) groups excluding carboxylic acids is 1. The Kier molecular flexibility index (Phi) is 3.62. The Balaban J connectivity index is 2.00. The molecule has 2 atom stereocenters. The molecular weight excluding hydrogens is 216 g/mol. The first-order valence-corrected chi connectivity index (χ1v) is 6.31. The van der Waals surface area contributed by atoms with Gasteiger partial charge in [-0.15, -0.1) is 11.8 Å². The molecule has 0 spiro atoms. The fourth-order valence-corrected chi connectivity index (χ4v) is 2.70. The van der Waals surface area contributed by atoms with E-state index in [2.05, 4.69) is 13.0 Å². The molecule has 1 heterocycles. The van der Waals surface area contributed by atoms with E-state index in [1.165, 1.54) is 0 Å². The molecule has 1 aromatic rings. The van der Waals surface area contributed by atoms with E-state index in [-0.39, 0.29) is 11.0 Å². The van der Waals surface area contributed by atoms with Gasteiger partial charge in [-0.3, -0.25) is 4.79 Å². The lowest BCUT2D eigenvalue weighted by Crippen LogP contribution is -2.18. The molecule has 0 N–H and O–H groups in total. The van der Waals surface area contributed by atoms with Gasteiger partial charge in [0.2, 0.25) is 0 Å². The minimum Gasteiger partial charge on any atom is -0.294 e. The summed E-state index contributed by atoms with van der Waals surface area (Å²) in [7, 11) is 0. The summed E-state index contributed by atoms with van der Waals surface area (Å²) in [6, 6.07) is 9.90. The van der Waals surface area contributed by atoms with Crippen LogP contribution < -0.4 is 0 Å². The smallest absolute Gasteiger partial charge is 0.169 e. The highest BCUT2D eigenvalue weighted by atomic mass is 32.2. The summed E-state index contributed by atoms with van der Waals surface area (Å²) in [4.78, 5) is 11.9. The van der Waals surface area contributed by atoms with Gasteiger partial charge in [-0.2, -0.15) is 0 Å². The van der Waals surface area contributed by atoms with Crippen LogP contribution in [-0.4, -0.2) is 11.0 Å². The van der Waals surface area contributed by atoms with Crippen molar-refractivity contribution in [3.05, 3.63) is 53.5 Å². The summed E-state index contributed by atoms with van der Waals surface area (Å²) in [6.45, 7) is 2.08. The Morgan fingerprint density at radius 2 is 2.06 bits per heavy atom. The lowest BCUT2D eigenvalue weighted by atomic mass is 10.0. The highest BCUT2D eigenvalue weighted by Crippen LogP contribution is 2.30. The maximum atomic E-state index is 11.9. The highest BCUT2D eigenvalue weighted by molar-refractivity contribution is 8.03. The zero-order valence-electron chi connectivity index (χ0n) is 9.17. The van der Waals surface area contributed by atoms with E-state index < -0.39 is 0 Å². The molecule has 2 unspecified atom stereocenters. The molecule has 0 aromatic heterocycles. The van der Waals surface area contributed by atoms with Gasteiger partial charge in [0, 0.05) is 0 Å². The van der Waals surface area contributed by atoms with Crippen molar-refractivity contribution >= 4 is 23.6 Å². The van der Waals surface area contributed by atoms with Crippen molar-refractivity contribution in [2.24, 2.45) is 5.92 Å². The largest absolute Gasteiger partial charge is 0.294 e. The average Bonchev–Trinajstić information content (AvgIpc) is 2.74. The van der Waals surface area contributed by atoms with Crippen LogP contribution in [0.3, 0.4) is 0 Å². The molecule has 1 aromatic carbocycles. The Hall–Kier alpha value is -1.28. The number of benzene rings is 1. The Bertz CT molecular complexity index is 420. The summed E-state index contributed by atoms with van der Waals surface area (Å²) < 4.78 is 0. The van der Waals surface area contributed by atoms with Gasteiger partial charge in [0.05, 0.1) is 5.25 Å². The van der Waals surface area contributed by atoms with Crippen molar-refractivity contribution in [1.29, 1.82) is 0 Å². The molecule has 0 saturated heterocycles. The number of carbonyl (C=O) groups is 1. The molecule has 2 heteroatoms. The fourth-order valence-electron chi connectivity index (χ4n) is 1.64. The van der Waals surface area contributed by atoms with Gasteiger partial charge in [-0.1, -0.05) is 49.4 Å². The van der Waals surface area contributed by atoms with E-state index in [1.54, 1.807) is 17.8 Å². The number of rotatable bonds is 3. The average molecular weight is 230 g/mol. The third-order valence-corrected chi connectivity index (χ3v) is 3.87. The summed E-state index contributed by atoms with van der Waals surface area (Å²) in [6.07, 6.45) is 5.66. The van der Waals surface area contributed by atoms with E-state index in [1.807, 2.05) is 41.8 Å². The molecule has 1 nitrogen and oxygen atoms in total. The van der Waals surface area contributed by atoms with Gasteiger partial charge in [0.15, 0.2) is 5.78 Å². The number of allylic oxidation sites excluding steroid dienone is 2. The molecule has 0 amide bonds. The third kappa shape index (κ3) is 2.64. The van der Waals surface area contributed by atoms with Crippen LogP contribution in [0.25, 0.3) is 6.08 Å². The van der Waals surface area contributed by atoms with Crippen molar-refractivity contribution in [3.8, 4) is 0 Å². The van der Waals surface area contributed by atoms with Gasteiger partial charge >= 0.3 is 0 Å². The maximum Gasteiger partial charge on any atom is 0.169 e. The van der Waals surface area contributed by atoms with Gasteiger partial charge < -0.3 is 0 Å². The van der Waals surface area contributed by atoms with E-state index in [9.17, 15) is 4.79 Å². The van der Waals surface area contributed by atoms with E-state index in [0.29, 0.717) is 5.92 Å². The first-order valence-electron chi connectivity index (χ1n) is 5.36. The molecule has 0 radical (unpaired) electrons.